The van der Waals surface area contributed by atoms with E-state index in [2.05, 4.69) is 38.1 Å². The maximum Gasteiger partial charge on any atom is 0.287 e. The van der Waals surface area contributed by atoms with Crippen LogP contribution in [0.15, 0.2) is 46.9 Å². The molecule has 3 rings (SSSR count). The van der Waals surface area contributed by atoms with E-state index in [-0.39, 0.29) is 12.5 Å². The van der Waals surface area contributed by atoms with E-state index >= 15 is 0 Å². The number of Topliss-reactive ketones (excluding diaryl/α,β-unsaturated/α-hetero) is 1. The summed E-state index contributed by atoms with van der Waals surface area (Å²) in [6, 6.07) is 11.9. The summed E-state index contributed by atoms with van der Waals surface area (Å²) < 4.78 is 14.0. The van der Waals surface area contributed by atoms with Crippen molar-refractivity contribution in [2.24, 2.45) is 0 Å². The molecule has 5 nitrogen and oxygen atoms in total. The van der Waals surface area contributed by atoms with Crippen molar-refractivity contribution in [3.05, 3.63) is 68.9 Å². The van der Waals surface area contributed by atoms with Crippen LogP contribution in [0.5, 0.6) is 0 Å². The fraction of sp³-hybridized carbons (Fsp3) is 0.364. The van der Waals surface area contributed by atoms with Crippen molar-refractivity contribution in [3.63, 3.8) is 0 Å². The second-order valence-corrected chi connectivity index (χ2v) is 8.76. The zero-order chi connectivity index (χ0) is 21.7. The molecule has 1 N–H and O–H groups in total. The molecule has 160 valence electrons. The number of halogens is 3. The number of benzene rings is 2. The number of carbonyl (C=O) groups excluding carboxylic acids is 2. The second-order valence-electron chi connectivity index (χ2n) is 7.47. The molecule has 8 heteroatoms. The third kappa shape index (κ3) is 6.11. The standard InChI is InChI=1S/C22H24BrClFN3O2/c1-27-8-10-28(11-9-27)20(16-3-5-17(24)6-4-16)14-26-22(30)21(29)13-15-2-7-18(23)19(25)12-15/h2-7,12,20H,8-11,13-14H2,1H3,(H,26,30). The van der Waals surface area contributed by atoms with Gasteiger partial charge in [0.05, 0.1) is 10.5 Å². The molecule has 1 heterocycles. The summed E-state index contributed by atoms with van der Waals surface area (Å²) >= 11 is 9.10. The Hall–Kier alpha value is -1.80. The van der Waals surface area contributed by atoms with E-state index in [9.17, 15) is 14.0 Å². The number of ketones is 1. The fourth-order valence-electron chi connectivity index (χ4n) is 3.48. The molecule has 1 aliphatic rings. The minimum Gasteiger partial charge on any atom is -0.348 e. The van der Waals surface area contributed by atoms with Crippen LogP contribution < -0.4 is 5.32 Å². The van der Waals surface area contributed by atoms with Gasteiger partial charge in [-0.15, -0.1) is 0 Å². The van der Waals surface area contributed by atoms with Crippen molar-refractivity contribution >= 4 is 39.2 Å². The molecule has 1 unspecified atom stereocenters. The van der Waals surface area contributed by atoms with Crippen LogP contribution in [0.25, 0.3) is 0 Å². The van der Waals surface area contributed by atoms with Crippen LogP contribution in [0.2, 0.25) is 5.02 Å². The zero-order valence-electron chi connectivity index (χ0n) is 16.7. The van der Waals surface area contributed by atoms with Gasteiger partial charge in [0, 0.05) is 44.2 Å². The van der Waals surface area contributed by atoms with Gasteiger partial charge in [-0.1, -0.05) is 29.8 Å². The Morgan fingerprint density at radius 3 is 2.43 bits per heavy atom. The number of rotatable bonds is 7. The number of nitrogens with zero attached hydrogens (tertiary/aromatic N) is 2. The van der Waals surface area contributed by atoms with E-state index < -0.39 is 17.5 Å². The van der Waals surface area contributed by atoms with Crippen molar-refractivity contribution < 1.29 is 14.0 Å². The van der Waals surface area contributed by atoms with Crippen molar-refractivity contribution in [1.82, 2.24) is 15.1 Å². The van der Waals surface area contributed by atoms with Crippen LogP contribution >= 0.6 is 27.5 Å². The van der Waals surface area contributed by atoms with Crippen molar-refractivity contribution in [2.45, 2.75) is 12.5 Å². The molecular weight excluding hydrogens is 473 g/mol. The number of hydrogen-bond donors (Lipinski definition) is 1. The fourth-order valence-corrected chi connectivity index (χ4v) is 3.85. The molecule has 1 aliphatic heterocycles. The highest BCUT2D eigenvalue weighted by molar-refractivity contribution is 9.10. The first-order valence-electron chi connectivity index (χ1n) is 9.76. The van der Waals surface area contributed by atoms with E-state index in [0.717, 1.165) is 31.7 Å². The van der Waals surface area contributed by atoms with Crippen molar-refractivity contribution in [3.8, 4) is 0 Å². The van der Waals surface area contributed by atoms with Gasteiger partial charge in [-0.05, 0) is 58.4 Å². The highest BCUT2D eigenvalue weighted by atomic mass is 79.9. The first-order chi connectivity index (χ1) is 14.3. The summed E-state index contributed by atoms with van der Waals surface area (Å²) in [5, 5.41) is 3.42. The quantitative estimate of drug-likeness (QED) is 0.597. The van der Waals surface area contributed by atoms with E-state index in [1.54, 1.807) is 6.07 Å². The molecule has 2 aromatic rings. The Bertz CT molecular complexity index is 902. The van der Waals surface area contributed by atoms with Gasteiger partial charge in [0.1, 0.15) is 5.82 Å². The van der Waals surface area contributed by atoms with Gasteiger partial charge in [0.15, 0.2) is 0 Å². The van der Waals surface area contributed by atoms with Crippen LogP contribution in [-0.2, 0) is 16.0 Å². The van der Waals surface area contributed by atoms with Crippen LogP contribution in [0.4, 0.5) is 4.39 Å². The number of hydrogen-bond acceptors (Lipinski definition) is 4. The van der Waals surface area contributed by atoms with E-state index in [0.29, 0.717) is 21.6 Å². The summed E-state index contributed by atoms with van der Waals surface area (Å²) in [6.45, 7) is 3.92. The van der Waals surface area contributed by atoms with E-state index in [1.807, 2.05) is 24.3 Å². The van der Waals surface area contributed by atoms with Crippen LogP contribution in [0.3, 0.4) is 0 Å². The molecule has 0 saturated carbocycles. The molecule has 1 atom stereocenters. The minimum absolute atomic E-state index is 0.0576. The van der Waals surface area contributed by atoms with Crippen LogP contribution in [0, 0.1) is 5.82 Å². The number of likely N-dealkylation sites (N-methyl/N-ethyl adjacent to an activating group) is 1. The first-order valence-corrected chi connectivity index (χ1v) is 10.9. The molecule has 0 aliphatic carbocycles. The zero-order valence-corrected chi connectivity index (χ0v) is 19.0. The maximum atomic E-state index is 13.7. The van der Waals surface area contributed by atoms with Crippen molar-refractivity contribution in [2.75, 3.05) is 39.8 Å². The lowest BCUT2D eigenvalue weighted by atomic mass is 10.0. The highest BCUT2D eigenvalue weighted by Gasteiger charge is 2.25. The molecule has 0 bridgehead atoms. The second kappa shape index (κ2) is 10.5. The van der Waals surface area contributed by atoms with Gasteiger partial charge < -0.3 is 10.2 Å². The molecule has 0 aromatic heterocycles. The molecule has 2 aromatic carbocycles. The number of carbonyl (C=O) groups is 2. The predicted molar refractivity (Wildman–Crippen MR) is 119 cm³/mol. The van der Waals surface area contributed by atoms with Gasteiger partial charge in [-0.3, -0.25) is 14.5 Å². The van der Waals surface area contributed by atoms with Gasteiger partial charge >= 0.3 is 0 Å². The van der Waals surface area contributed by atoms with E-state index in [1.165, 1.54) is 12.1 Å². The lowest BCUT2D eigenvalue weighted by Gasteiger charge is -2.38. The van der Waals surface area contributed by atoms with Gasteiger partial charge in [0.2, 0.25) is 5.78 Å². The topological polar surface area (TPSA) is 52.6 Å². The predicted octanol–water partition coefficient (Wildman–Crippen LogP) is 3.46. The number of amides is 1. The summed E-state index contributed by atoms with van der Waals surface area (Å²) in [5.41, 5.74) is 1.50. The molecule has 0 radical (unpaired) electrons. The number of nitrogens with one attached hydrogen (secondary N) is 1. The van der Waals surface area contributed by atoms with Gasteiger partial charge in [-0.25, -0.2) is 4.39 Å². The normalized spacial score (nSPS) is 16.3. The number of piperazine rings is 1. The molecule has 0 spiro atoms. The summed E-state index contributed by atoms with van der Waals surface area (Å²) in [4.78, 5) is 29.3. The van der Waals surface area contributed by atoms with Crippen LogP contribution in [0.1, 0.15) is 17.2 Å². The van der Waals surface area contributed by atoms with Gasteiger partial charge in [-0.2, -0.15) is 0 Å². The monoisotopic (exact) mass is 495 g/mol. The molecule has 1 amide bonds. The smallest absolute Gasteiger partial charge is 0.287 e. The first kappa shape index (κ1) is 22.9. The molecule has 1 fully saturated rings. The SMILES string of the molecule is CN1CCN(C(CNC(=O)C(=O)Cc2ccc(Br)c(F)c2)c2ccc(Cl)cc2)CC1. The average Bonchev–Trinajstić information content (AvgIpc) is 2.73. The van der Waals surface area contributed by atoms with Gasteiger partial charge in [0.25, 0.3) is 5.91 Å². The lowest BCUT2D eigenvalue weighted by Crippen LogP contribution is -2.49. The largest absolute Gasteiger partial charge is 0.348 e. The third-order valence-corrected chi connectivity index (χ3v) is 6.19. The molecule has 30 heavy (non-hydrogen) atoms. The Balaban J connectivity index is 1.65. The lowest BCUT2D eigenvalue weighted by molar-refractivity contribution is -0.137. The molecule has 1 saturated heterocycles. The van der Waals surface area contributed by atoms with Crippen LogP contribution in [-0.4, -0.2) is 61.3 Å². The Morgan fingerprint density at radius 1 is 1.13 bits per heavy atom. The maximum absolute atomic E-state index is 13.7. The highest BCUT2D eigenvalue weighted by Crippen LogP contribution is 2.23. The summed E-state index contributed by atoms with van der Waals surface area (Å²) in [7, 11) is 2.08. The third-order valence-electron chi connectivity index (χ3n) is 5.29. The minimum atomic E-state index is -0.661. The molecular formula is C22H24BrClFN3O2. The van der Waals surface area contributed by atoms with Crippen molar-refractivity contribution in [1.29, 1.82) is 0 Å². The Labute approximate surface area is 189 Å². The summed E-state index contributed by atoms with van der Waals surface area (Å²) in [6.07, 6.45) is -0.143. The Kier molecular flexibility index (Phi) is 7.99. The summed E-state index contributed by atoms with van der Waals surface area (Å²) in [5.74, 6) is -1.71. The Morgan fingerprint density at radius 2 is 1.80 bits per heavy atom. The average molecular weight is 497 g/mol. The van der Waals surface area contributed by atoms with E-state index in [4.69, 9.17) is 11.6 Å².